The highest BCUT2D eigenvalue weighted by Gasteiger charge is 2.38. The third kappa shape index (κ3) is 4.28. The highest BCUT2D eigenvalue weighted by molar-refractivity contribution is 7.89. The molecule has 132 valence electrons. The molecule has 0 spiro atoms. The van der Waals surface area contributed by atoms with Crippen LogP contribution in [0.2, 0.25) is 5.02 Å². The maximum Gasteiger partial charge on any atom is 0.436 e. The average molecular weight is 382 g/mol. The second-order valence-corrected chi connectivity index (χ2v) is 7.18. The molecule has 1 aromatic carbocycles. The predicted octanol–water partition coefficient (Wildman–Crippen LogP) is 3.23. The topological polar surface area (TPSA) is 64.0 Å². The van der Waals surface area contributed by atoms with Gasteiger partial charge in [-0.15, -0.1) is 0 Å². The van der Waals surface area contributed by atoms with Gasteiger partial charge in [-0.25, -0.2) is 13.1 Å². The standard InChI is InChI=1S/C14H15ClF3N3O2S/c1-10-12(15)13(14(16,17)18)20-21(10)9-5-8-19-24(22,23)11-6-3-2-4-7-11/h2-4,6-7,19H,5,8-9H2,1H3. The minimum absolute atomic E-state index is 0.0650. The first-order valence-electron chi connectivity index (χ1n) is 6.98. The molecule has 0 unspecified atom stereocenters. The average Bonchev–Trinajstić information content (AvgIpc) is 2.81. The first-order chi connectivity index (χ1) is 11.1. The molecule has 0 fully saturated rings. The van der Waals surface area contributed by atoms with Crippen LogP contribution in [0.5, 0.6) is 0 Å². The zero-order valence-corrected chi connectivity index (χ0v) is 14.2. The van der Waals surface area contributed by atoms with Crippen LogP contribution in [0.15, 0.2) is 35.2 Å². The van der Waals surface area contributed by atoms with Crippen LogP contribution in [0.25, 0.3) is 0 Å². The highest BCUT2D eigenvalue weighted by atomic mass is 35.5. The van der Waals surface area contributed by atoms with Gasteiger partial charge in [0, 0.05) is 13.1 Å². The number of rotatable bonds is 6. The van der Waals surface area contributed by atoms with Gasteiger partial charge < -0.3 is 0 Å². The Morgan fingerprint density at radius 2 is 1.88 bits per heavy atom. The van der Waals surface area contributed by atoms with Crippen molar-refractivity contribution >= 4 is 21.6 Å². The molecule has 0 saturated carbocycles. The molecular formula is C14H15ClF3N3O2S. The van der Waals surface area contributed by atoms with E-state index < -0.39 is 26.9 Å². The fourth-order valence-corrected chi connectivity index (χ4v) is 3.38. The zero-order valence-electron chi connectivity index (χ0n) is 12.6. The third-order valence-corrected chi connectivity index (χ3v) is 5.22. The SMILES string of the molecule is Cc1c(Cl)c(C(F)(F)F)nn1CCCNS(=O)(=O)c1ccccc1. The van der Waals surface area contributed by atoms with Gasteiger partial charge in [0.05, 0.1) is 15.6 Å². The predicted molar refractivity (Wildman–Crippen MR) is 83.2 cm³/mol. The molecule has 10 heteroatoms. The van der Waals surface area contributed by atoms with Crippen LogP contribution in [-0.2, 0) is 22.7 Å². The van der Waals surface area contributed by atoms with E-state index in [0.29, 0.717) is 0 Å². The number of alkyl halides is 3. The van der Waals surface area contributed by atoms with E-state index >= 15 is 0 Å². The van der Waals surface area contributed by atoms with Gasteiger partial charge in [-0.1, -0.05) is 29.8 Å². The second-order valence-electron chi connectivity index (χ2n) is 5.03. The van der Waals surface area contributed by atoms with E-state index in [1.54, 1.807) is 18.2 Å². The Bertz CT molecular complexity index is 805. The first-order valence-corrected chi connectivity index (χ1v) is 8.84. The second kappa shape index (κ2) is 7.12. The number of hydrogen-bond acceptors (Lipinski definition) is 3. The third-order valence-electron chi connectivity index (χ3n) is 3.29. The van der Waals surface area contributed by atoms with Crippen molar-refractivity contribution in [3.63, 3.8) is 0 Å². The smallest absolute Gasteiger partial charge is 0.268 e. The van der Waals surface area contributed by atoms with Crippen molar-refractivity contribution in [2.45, 2.75) is 31.0 Å². The van der Waals surface area contributed by atoms with Gasteiger partial charge in [0.25, 0.3) is 0 Å². The molecule has 1 N–H and O–H groups in total. The van der Waals surface area contributed by atoms with Crippen molar-refractivity contribution in [3.05, 3.63) is 46.7 Å². The summed E-state index contributed by atoms with van der Waals surface area (Å²) in [6, 6.07) is 7.80. The first kappa shape index (κ1) is 18.8. The lowest BCUT2D eigenvalue weighted by atomic mass is 10.3. The van der Waals surface area contributed by atoms with E-state index in [0.717, 1.165) is 4.68 Å². The number of nitrogens with one attached hydrogen (secondary N) is 1. The molecule has 0 bridgehead atoms. The molecule has 1 aromatic heterocycles. The largest absolute Gasteiger partial charge is 0.436 e. The fourth-order valence-electron chi connectivity index (χ4n) is 2.04. The summed E-state index contributed by atoms with van der Waals surface area (Å²) in [4.78, 5) is 0.127. The monoisotopic (exact) mass is 381 g/mol. The molecule has 0 aliphatic carbocycles. The van der Waals surface area contributed by atoms with E-state index in [-0.39, 0.29) is 30.1 Å². The van der Waals surface area contributed by atoms with Crippen LogP contribution in [-0.4, -0.2) is 24.7 Å². The zero-order chi connectivity index (χ0) is 18.0. The number of benzene rings is 1. The maximum absolute atomic E-state index is 12.7. The van der Waals surface area contributed by atoms with E-state index in [1.165, 1.54) is 19.1 Å². The molecule has 0 aliphatic heterocycles. The van der Waals surface area contributed by atoms with Gasteiger partial charge in [0.2, 0.25) is 10.0 Å². The van der Waals surface area contributed by atoms with Gasteiger partial charge in [-0.3, -0.25) is 4.68 Å². The summed E-state index contributed by atoms with van der Waals surface area (Å²) in [5, 5.41) is 3.02. The molecule has 5 nitrogen and oxygen atoms in total. The molecular weight excluding hydrogens is 367 g/mol. The van der Waals surface area contributed by atoms with Crippen LogP contribution < -0.4 is 4.72 Å². The van der Waals surface area contributed by atoms with Crippen LogP contribution in [0, 0.1) is 6.92 Å². The number of hydrogen-bond donors (Lipinski definition) is 1. The molecule has 2 rings (SSSR count). The van der Waals surface area contributed by atoms with Gasteiger partial charge in [-0.05, 0) is 25.5 Å². The molecule has 0 saturated heterocycles. The fraction of sp³-hybridized carbons (Fsp3) is 0.357. The quantitative estimate of drug-likeness (QED) is 0.781. The number of halogens is 4. The molecule has 1 heterocycles. The van der Waals surface area contributed by atoms with Crippen LogP contribution in [0.3, 0.4) is 0 Å². The molecule has 0 aliphatic rings. The van der Waals surface area contributed by atoms with Crippen LogP contribution in [0.1, 0.15) is 17.8 Å². The van der Waals surface area contributed by atoms with Gasteiger partial charge >= 0.3 is 6.18 Å². The summed E-state index contributed by atoms with van der Waals surface area (Å²) in [6.45, 7) is 1.60. The minimum Gasteiger partial charge on any atom is -0.268 e. The van der Waals surface area contributed by atoms with Gasteiger partial charge in [-0.2, -0.15) is 18.3 Å². The van der Waals surface area contributed by atoms with Crippen molar-refractivity contribution < 1.29 is 21.6 Å². The molecule has 0 radical (unpaired) electrons. The molecule has 2 aromatic rings. The maximum atomic E-state index is 12.7. The Labute approximate surface area is 142 Å². The number of sulfonamides is 1. The Morgan fingerprint density at radius 1 is 1.25 bits per heavy atom. The Morgan fingerprint density at radius 3 is 2.42 bits per heavy atom. The van der Waals surface area contributed by atoms with Crippen LogP contribution in [0.4, 0.5) is 13.2 Å². The van der Waals surface area contributed by atoms with Crippen molar-refractivity contribution in [2.75, 3.05) is 6.54 Å². The summed E-state index contributed by atoms with van der Waals surface area (Å²) in [5.74, 6) is 0. The minimum atomic E-state index is -4.62. The molecule has 0 atom stereocenters. The van der Waals surface area contributed by atoms with E-state index in [2.05, 4.69) is 9.82 Å². The van der Waals surface area contributed by atoms with Crippen LogP contribution >= 0.6 is 11.6 Å². The van der Waals surface area contributed by atoms with Crippen molar-refractivity contribution in [1.29, 1.82) is 0 Å². The Hall–Kier alpha value is -1.58. The van der Waals surface area contributed by atoms with Gasteiger partial charge in [0.15, 0.2) is 5.69 Å². The normalized spacial score (nSPS) is 12.5. The summed E-state index contributed by atoms with van der Waals surface area (Å²) in [7, 11) is -3.64. The van der Waals surface area contributed by atoms with E-state index in [9.17, 15) is 21.6 Å². The summed E-state index contributed by atoms with van der Waals surface area (Å²) >= 11 is 5.65. The highest BCUT2D eigenvalue weighted by Crippen LogP contribution is 2.35. The lowest BCUT2D eigenvalue weighted by Gasteiger charge is -2.07. The van der Waals surface area contributed by atoms with Crippen molar-refractivity contribution in [2.24, 2.45) is 0 Å². The Kier molecular flexibility index (Phi) is 5.56. The molecule has 24 heavy (non-hydrogen) atoms. The summed E-state index contributed by atoms with van der Waals surface area (Å²) < 4.78 is 65.7. The number of aryl methyl sites for hydroxylation is 1. The van der Waals surface area contributed by atoms with E-state index in [4.69, 9.17) is 11.6 Å². The molecule has 0 amide bonds. The van der Waals surface area contributed by atoms with Crippen molar-refractivity contribution in [1.82, 2.24) is 14.5 Å². The summed E-state index contributed by atoms with van der Waals surface area (Å²) in [6.07, 6.45) is -4.36. The lowest BCUT2D eigenvalue weighted by Crippen LogP contribution is -2.25. The Balaban J connectivity index is 1.96. The summed E-state index contributed by atoms with van der Waals surface area (Å²) in [5.41, 5.74) is -0.943. The lowest BCUT2D eigenvalue weighted by molar-refractivity contribution is -0.141. The van der Waals surface area contributed by atoms with Crippen molar-refractivity contribution in [3.8, 4) is 0 Å². The number of nitrogens with zero attached hydrogens (tertiary/aromatic N) is 2. The van der Waals surface area contributed by atoms with E-state index in [1.807, 2.05) is 0 Å². The van der Waals surface area contributed by atoms with Gasteiger partial charge in [0.1, 0.15) is 0 Å². The number of aromatic nitrogens is 2.